The fourth-order valence-corrected chi connectivity index (χ4v) is 2.65. The van der Waals surface area contributed by atoms with Gasteiger partial charge in [0, 0.05) is 11.9 Å². The Labute approximate surface area is 129 Å². The Bertz CT molecular complexity index is 497. The molecule has 2 N–H and O–H groups in total. The zero-order valence-electron chi connectivity index (χ0n) is 14.0. The quantitative estimate of drug-likeness (QED) is 0.859. The van der Waals surface area contributed by atoms with Crippen LogP contribution in [0.1, 0.15) is 39.7 Å². The number of nitrogens with two attached hydrogens (primary N) is 1. The SMILES string of the molecule is CC(C)CC(C)C.COc1cccc2c(CN)cccc12. The molecule has 0 aliphatic rings. The van der Waals surface area contributed by atoms with Gasteiger partial charge in [-0.15, -0.1) is 0 Å². The van der Waals surface area contributed by atoms with E-state index in [1.54, 1.807) is 7.11 Å². The predicted molar refractivity (Wildman–Crippen MR) is 92.7 cm³/mol. The van der Waals surface area contributed by atoms with Gasteiger partial charge in [-0.25, -0.2) is 0 Å². The van der Waals surface area contributed by atoms with Crippen molar-refractivity contribution < 1.29 is 4.74 Å². The van der Waals surface area contributed by atoms with Gasteiger partial charge in [-0.1, -0.05) is 58.0 Å². The summed E-state index contributed by atoms with van der Waals surface area (Å²) in [5, 5.41) is 2.30. The third-order valence-corrected chi connectivity index (χ3v) is 3.36. The maximum absolute atomic E-state index is 5.67. The molecule has 0 aromatic heterocycles. The van der Waals surface area contributed by atoms with Crippen molar-refractivity contribution in [2.75, 3.05) is 7.11 Å². The van der Waals surface area contributed by atoms with Gasteiger partial charge in [0.05, 0.1) is 7.11 Å². The lowest BCUT2D eigenvalue weighted by Gasteiger charge is -2.07. The first kappa shape index (κ1) is 17.5. The highest BCUT2D eigenvalue weighted by Gasteiger charge is 2.02. The second-order valence-electron chi connectivity index (χ2n) is 6.20. The van der Waals surface area contributed by atoms with Crippen LogP contribution < -0.4 is 10.5 Å². The van der Waals surface area contributed by atoms with E-state index in [9.17, 15) is 0 Å². The predicted octanol–water partition coefficient (Wildman–Crippen LogP) is 5.00. The Hall–Kier alpha value is -1.54. The molecule has 2 aromatic rings. The molecule has 0 aliphatic heterocycles. The molecule has 21 heavy (non-hydrogen) atoms. The van der Waals surface area contributed by atoms with E-state index >= 15 is 0 Å². The van der Waals surface area contributed by atoms with E-state index in [0.29, 0.717) is 6.54 Å². The van der Waals surface area contributed by atoms with Gasteiger partial charge in [-0.3, -0.25) is 0 Å². The van der Waals surface area contributed by atoms with E-state index in [1.165, 1.54) is 11.8 Å². The number of hydrogen-bond donors (Lipinski definition) is 1. The summed E-state index contributed by atoms with van der Waals surface area (Å²) < 4.78 is 5.29. The fraction of sp³-hybridized carbons (Fsp3) is 0.474. The number of rotatable bonds is 4. The number of hydrogen-bond acceptors (Lipinski definition) is 2. The summed E-state index contributed by atoms with van der Waals surface area (Å²) in [5.41, 5.74) is 6.82. The molecule has 0 unspecified atom stereocenters. The highest BCUT2D eigenvalue weighted by molar-refractivity contribution is 5.90. The van der Waals surface area contributed by atoms with Crippen LogP contribution in [0.2, 0.25) is 0 Å². The molecular formula is C19H29NO. The number of fused-ring (bicyclic) bond motifs is 1. The minimum absolute atomic E-state index is 0.560. The molecule has 0 aliphatic carbocycles. The zero-order chi connectivity index (χ0) is 15.8. The first-order chi connectivity index (χ1) is 9.99. The summed E-state index contributed by atoms with van der Waals surface area (Å²) in [6.07, 6.45) is 1.36. The summed E-state index contributed by atoms with van der Waals surface area (Å²) in [5.74, 6) is 2.65. The van der Waals surface area contributed by atoms with Crippen LogP contribution in [0, 0.1) is 11.8 Å². The third kappa shape index (κ3) is 5.39. The maximum Gasteiger partial charge on any atom is 0.126 e. The van der Waals surface area contributed by atoms with Crippen molar-refractivity contribution in [3.63, 3.8) is 0 Å². The van der Waals surface area contributed by atoms with Gasteiger partial charge in [0.1, 0.15) is 5.75 Å². The number of benzene rings is 2. The molecule has 2 nitrogen and oxygen atoms in total. The summed E-state index contributed by atoms with van der Waals surface area (Å²) in [7, 11) is 1.68. The van der Waals surface area contributed by atoms with Crippen LogP contribution in [0.5, 0.6) is 5.75 Å². The van der Waals surface area contributed by atoms with Crippen LogP contribution in [-0.4, -0.2) is 7.11 Å². The molecule has 0 amide bonds. The Balaban J connectivity index is 0.000000270. The lowest BCUT2D eigenvalue weighted by molar-refractivity contribution is 0.420. The lowest BCUT2D eigenvalue weighted by Crippen LogP contribution is -1.97. The zero-order valence-corrected chi connectivity index (χ0v) is 14.0. The molecule has 0 fully saturated rings. The molecule has 0 atom stereocenters. The molecule has 0 saturated carbocycles. The minimum Gasteiger partial charge on any atom is -0.496 e. The molecule has 0 saturated heterocycles. The van der Waals surface area contributed by atoms with E-state index in [2.05, 4.69) is 33.8 Å². The number of methoxy groups -OCH3 is 1. The highest BCUT2D eigenvalue weighted by atomic mass is 16.5. The van der Waals surface area contributed by atoms with E-state index in [0.717, 1.165) is 28.5 Å². The van der Waals surface area contributed by atoms with Crippen LogP contribution >= 0.6 is 0 Å². The monoisotopic (exact) mass is 287 g/mol. The summed E-state index contributed by atoms with van der Waals surface area (Å²) in [4.78, 5) is 0. The highest BCUT2D eigenvalue weighted by Crippen LogP contribution is 2.27. The van der Waals surface area contributed by atoms with Gasteiger partial charge in [0.15, 0.2) is 0 Å². The molecule has 0 bridgehead atoms. The first-order valence-corrected chi connectivity index (χ1v) is 7.74. The lowest BCUT2D eigenvalue weighted by atomic mass is 10.0. The molecule has 2 rings (SSSR count). The Morgan fingerprint density at radius 2 is 1.48 bits per heavy atom. The Morgan fingerprint density at radius 1 is 0.905 bits per heavy atom. The van der Waals surface area contributed by atoms with Crippen molar-refractivity contribution >= 4 is 10.8 Å². The van der Waals surface area contributed by atoms with Gasteiger partial charge in [-0.05, 0) is 35.3 Å². The summed E-state index contributed by atoms with van der Waals surface area (Å²) >= 11 is 0. The summed E-state index contributed by atoms with van der Waals surface area (Å²) in [6.45, 7) is 9.62. The van der Waals surface area contributed by atoms with Gasteiger partial charge >= 0.3 is 0 Å². The summed E-state index contributed by atoms with van der Waals surface area (Å²) in [6, 6.07) is 12.1. The third-order valence-electron chi connectivity index (χ3n) is 3.36. The molecular weight excluding hydrogens is 258 g/mol. The molecule has 0 radical (unpaired) electrons. The topological polar surface area (TPSA) is 35.2 Å². The average molecular weight is 287 g/mol. The van der Waals surface area contributed by atoms with Gasteiger partial charge in [-0.2, -0.15) is 0 Å². The molecule has 0 heterocycles. The van der Waals surface area contributed by atoms with Crippen LogP contribution in [0.3, 0.4) is 0 Å². The van der Waals surface area contributed by atoms with Crippen molar-refractivity contribution in [2.45, 2.75) is 40.7 Å². The average Bonchev–Trinajstić information content (AvgIpc) is 2.45. The van der Waals surface area contributed by atoms with Crippen LogP contribution in [0.25, 0.3) is 10.8 Å². The van der Waals surface area contributed by atoms with Crippen LogP contribution in [0.15, 0.2) is 36.4 Å². The van der Waals surface area contributed by atoms with Crippen molar-refractivity contribution in [1.29, 1.82) is 0 Å². The van der Waals surface area contributed by atoms with Gasteiger partial charge in [0.25, 0.3) is 0 Å². The van der Waals surface area contributed by atoms with Crippen molar-refractivity contribution in [3.05, 3.63) is 42.0 Å². The first-order valence-electron chi connectivity index (χ1n) is 7.74. The normalized spacial score (nSPS) is 10.7. The smallest absolute Gasteiger partial charge is 0.126 e. The van der Waals surface area contributed by atoms with E-state index in [4.69, 9.17) is 10.5 Å². The molecule has 0 spiro atoms. The van der Waals surface area contributed by atoms with E-state index < -0.39 is 0 Å². The van der Waals surface area contributed by atoms with Crippen molar-refractivity contribution in [3.8, 4) is 5.75 Å². The maximum atomic E-state index is 5.67. The second kappa shape index (κ2) is 8.68. The van der Waals surface area contributed by atoms with E-state index in [-0.39, 0.29) is 0 Å². The molecule has 116 valence electrons. The standard InChI is InChI=1S/C12H13NO.C7H16/c1-14-12-7-3-5-10-9(8-13)4-2-6-11(10)12;1-6(2)5-7(3)4/h2-7H,8,13H2,1H3;6-7H,5H2,1-4H3. The van der Waals surface area contributed by atoms with E-state index in [1.807, 2.05) is 30.3 Å². The van der Waals surface area contributed by atoms with Gasteiger partial charge in [0.2, 0.25) is 0 Å². The van der Waals surface area contributed by atoms with Crippen LogP contribution in [-0.2, 0) is 6.54 Å². The van der Waals surface area contributed by atoms with Crippen molar-refractivity contribution in [2.24, 2.45) is 17.6 Å². The largest absolute Gasteiger partial charge is 0.496 e. The number of ether oxygens (including phenoxy) is 1. The van der Waals surface area contributed by atoms with Crippen LogP contribution in [0.4, 0.5) is 0 Å². The molecule has 2 aromatic carbocycles. The second-order valence-corrected chi connectivity index (χ2v) is 6.20. The Morgan fingerprint density at radius 3 is 1.95 bits per heavy atom. The van der Waals surface area contributed by atoms with Gasteiger partial charge < -0.3 is 10.5 Å². The fourth-order valence-electron chi connectivity index (χ4n) is 2.65. The molecule has 2 heteroatoms. The Kier molecular flexibility index (Phi) is 7.24. The van der Waals surface area contributed by atoms with Crippen molar-refractivity contribution in [1.82, 2.24) is 0 Å². The minimum atomic E-state index is 0.560.